The molecule has 2 nitrogen and oxygen atoms in total. The van der Waals surface area contributed by atoms with Crippen LogP contribution in [0.5, 0.6) is 0 Å². The summed E-state index contributed by atoms with van der Waals surface area (Å²) in [5, 5.41) is 2.80. The molecule has 5 heteroatoms. The fraction of sp³-hybridized carbons (Fsp3) is 0.600. The summed E-state index contributed by atoms with van der Waals surface area (Å²) >= 11 is 0. The van der Waals surface area contributed by atoms with Crippen LogP contribution in [0, 0.1) is 0 Å². The number of furan rings is 1. The molecule has 86 valence electrons. The van der Waals surface area contributed by atoms with E-state index in [-0.39, 0.29) is 6.42 Å². The number of hydrogen-bond donors (Lipinski definition) is 1. The second-order valence-electron chi connectivity index (χ2n) is 3.36. The van der Waals surface area contributed by atoms with Gasteiger partial charge in [0, 0.05) is 12.5 Å². The molecule has 1 aromatic rings. The molecule has 15 heavy (non-hydrogen) atoms. The highest BCUT2D eigenvalue weighted by molar-refractivity contribution is 5.00. The third-order valence-electron chi connectivity index (χ3n) is 2.00. The largest absolute Gasteiger partial charge is 0.469 e. The number of likely N-dealkylation sites (N-methyl/N-ethyl adjacent to an activating group) is 1. The molecule has 0 amide bonds. The van der Waals surface area contributed by atoms with Gasteiger partial charge in [-0.25, -0.2) is 0 Å². The first-order valence-electron chi connectivity index (χ1n) is 4.84. The highest BCUT2D eigenvalue weighted by atomic mass is 19.4. The van der Waals surface area contributed by atoms with Gasteiger partial charge in [-0.2, -0.15) is 13.2 Å². The smallest absolute Gasteiger partial charge is 0.390 e. The van der Waals surface area contributed by atoms with E-state index in [2.05, 4.69) is 5.32 Å². The Balaban J connectivity index is 2.51. The zero-order valence-corrected chi connectivity index (χ0v) is 8.47. The highest BCUT2D eigenvalue weighted by Crippen LogP contribution is 2.23. The van der Waals surface area contributed by atoms with E-state index in [0.717, 1.165) is 0 Å². The van der Waals surface area contributed by atoms with Gasteiger partial charge in [-0.3, -0.25) is 0 Å². The van der Waals surface area contributed by atoms with E-state index in [9.17, 15) is 13.2 Å². The third-order valence-corrected chi connectivity index (χ3v) is 2.00. The number of alkyl halides is 3. The van der Waals surface area contributed by atoms with Crippen LogP contribution in [0.2, 0.25) is 0 Å². The molecule has 1 N–H and O–H groups in total. The van der Waals surface area contributed by atoms with Crippen LogP contribution in [0.3, 0.4) is 0 Å². The van der Waals surface area contributed by atoms with Crippen LogP contribution < -0.4 is 5.32 Å². The fourth-order valence-electron chi connectivity index (χ4n) is 1.46. The molecule has 0 saturated carbocycles. The predicted molar refractivity (Wildman–Crippen MR) is 50.5 cm³/mol. The van der Waals surface area contributed by atoms with Crippen molar-refractivity contribution < 1.29 is 17.6 Å². The van der Waals surface area contributed by atoms with Gasteiger partial charge in [0.25, 0.3) is 0 Å². The van der Waals surface area contributed by atoms with Crippen LogP contribution in [0.1, 0.15) is 19.1 Å². The average molecular weight is 221 g/mol. The zero-order valence-electron chi connectivity index (χ0n) is 8.47. The molecular formula is C10H14F3NO. The number of halogens is 3. The quantitative estimate of drug-likeness (QED) is 0.827. The summed E-state index contributed by atoms with van der Waals surface area (Å²) in [6, 6.07) is 2.74. The first kappa shape index (κ1) is 12.1. The summed E-state index contributed by atoms with van der Waals surface area (Å²) in [5.41, 5.74) is 0. The standard InChI is InChI=1S/C10H14F3NO/c1-2-14-8(7-10(11,12)13)6-9-4-3-5-15-9/h3-5,8,14H,2,6-7H2,1H3. The summed E-state index contributed by atoms with van der Waals surface area (Å²) in [7, 11) is 0. The van der Waals surface area contributed by atoms with Crippen molar-refractivity contribution in [3.63, 3.8) is 0 Å². The Morgan fingerprint density at radius 1 is 1.47 bits per heavy atom. The number of nitrogens with one attached hydrogen (secondary N) is 1. The van der Waals surface area contributed by atoms with Crippen molar-refractivity contribution in [2.75, 3.05) is 6.54 Å². The fourth-order valence-corrected chi connectivity index (χ4v) is 1.46. The lowest BCUT2D eigenvalue weighted by Crippen LogP contribution is -2.35. The number of hydrogen-bond acceptors (Lipinski definition) is 2. The average Bonchev–Trinajstić information content (AvgIpc) is 2.54. The predicted octanol–water partition coefficient (Wildman–Crippen LogP) is 2.75. The molecule has 0 fully saturated rings. The molecule has 1 unspecified atom stereocenters. The van der Waals surface area contributed by atoms with Gasteiger partial charge in [0.2, 0.25) is 0 Å². The Labute approximate surface area is 86.5 Å². The van der Waals surface area contributed by atoms with E-state index in [1.807, 2.05) is 0 Å². The van der Waals surface area contributed by atoms with Crippen molar-refractivity contribution in [1.29, 1.82) is 0 Å². The maximum Gasteiger partial charge on any atom is 0.390 e. The molecule has 1 rings (SSSR count). The van der Waals surface area contributed by atoms with E-state index in [1.54, 1.807) is 19.1 Å². The highest BCUT2D eigenvalue weighted by Gasteiger charge is 2.31. The Hall–Kier alpha value is -0.970. The molecule has 0 radical (unpaired) electrons. The molecule has 0 spiro atoms. The van der Waals surface area contributed by atoms with E-state index in [4.69, 9.17) is 4.42 Å². The van der Waals surface area contributed by atoms with E-state index in [1.165, 1.54) is 6.26 Å². The van der Waals surface area contributed by atoms with E-state index < -0.39 is 18.6 Å². The molecule has 0 aromatic carbocycles. The van der Waals surface area contributed by atoms with E-state index in [0.29, 0.717) is 12.3 Å². The van der Waals surface area contributed by atoms with Crippen molar-refractivity contribution in [2.24, 2.45) is 0 Å². The minimum Gasteiger partial charge on any atom is -0.469 e. The van der Waals surface area contributed by atoms with Crippen molar-refractivity contribution in [2.45, 2.75) is 32.0 Å². The Bertz CT molecular complexity index is 269. The van der Waals surface area contributed by atoms with Gasteiger partial charge < -0.3 is 9.73 Å². The molecule has 0 aliphatic heterocycles. The van der Waals surface area contributed by atoms with Crippen LogP contribution in [-0.2, 0) is 6.42 Å². The van der Waals surface area contributed by atoms with Crippen molar-refractivity contribution in [3.8, 4) is 0 Å². The topological polar surface area (TPSA) is 25.2 Å². The molecule has 0 aliphatic carbocycles. The summed E-state index contributed by atoms with van der Waals surface area (Å²) in [5.74, 6) is 0.574. The first-order valence-corrected chi connectivity index (χ1v) is 4.84. The monoisotopic (exact) mass is 221 g/mol. The van der Waals surface area contributed by atoms with Crippen LogP contribution in [0.4, 0.5) is 13.2 Å². The molecular weight excluding hydrogens is 207 g/mol. The molecule has 0 bridgehead atoms. The van der Waals surface area contributed by atoms with E-state index >= 15 is 0 Å². The van der Waals surface area contributed by atoms with Gasteiger partial charge >= 0.3 is 6.18 Å². The zero-order chi connectivity index (χ0) is 11.3. The van der Waals surface area contributed by atoms with Gasteiger partial charge in [-0.1, -0.05) is 6.92 Å². The lowest BCUT2D eigenvalue weighted by atomic mass is 10.1. The number of rotatable bonds is 5. The van der Waals surface area contributed by atoms with Gasteiger partial charge in [-0.05, 0) is 18.7 Å². The second-order valence-corrected chi connectivity index (χ2v) is 3.36. The second kappa shape index (κ2) is 5.21. The van der Waals surface area contributed by atoms with Crippen LogP contribution >= 0.6 is 0 Å². The lowest BCUT2D eigenvalue weighted by molar-refractivity contribution is -0.140. The SMILES string of the molecule is CCNC(Cc1ccco1)CC(F)(F)F. The maximum atomic E-state index is 12.2. The molecule has 1 aromatic heterocycles. The summed E-state index contributed by atoms with van der Waals surface area (Å²) in [4.78, 5) is 0. The minimum absolute atomic E-state index is 0.264. The lowest BCUT2D eigenvalue weighted by Gasteiger charge is -2.18. The van der Waals surface area contributed by atoms with Crippen molar-refractivity contribution in [1.82, 2.24) is 5.32 Å². The Morgan fingerprint density at radius 2 is 2.20 bits per heavy atom. The minimum atomic E-state index is -4.14. The van der Waals surface area contributed by atoms with Gasteiger partial charge in [0.1, 0.15) is 5.76 Å². The molecule has 1 atom stereocenters. The normalized spacial score (nSPS) is 14.1. The van der Waals surface area contributed by atoms with Gasteiger partial charge in [-0.15, -0.1) is 0 Å². The van der Waals surface area contributed by atoms with Crippen molar-refractivity contribution >= 4 is 0 Å². The first-order chi connectivity index (χ1) is 7.01. The van der Waals surface area contributed by atoms with Gasteiger partial charge in [0.05, 0.1) is 12.7 Å². The van der Waals surface area contributed by atoms with Crippen LogP contribution in [0.25, 0.3) is 0 Å². The summed E-state index contributed by atoms with van der Waals surface area (Å²) in [6.45, 7) is 2.30. The molecule has 0 saturated heterocycles. The van der Waals surface area contributed by atoms with Crippen LogP contribution in [-0.4, -0.2) is 18.8 Å². The summed E-state index contributed by atoms with van der Waals surface area (Å²) < 4.78 is 41.6. The third kappa shape index (κ3) is 4.88. The summed E-state index contributed by atoms with van der Waals surface area (Å²) in [6.07, 6.45) is -3.24. The van der Waals surface area contributed by atoms with Gasteiger partial charge in [0.15, 0.2) is 0 Å². The molecule has 1 heterocycles. The molecule has 0 aliphatic rings. The Kier molecular flexibility index (Phi) is 4.20. The van der Waals surface area contributed by atoms with Crippen LogP contribution in [0.15, 0.2) is 22.8 Å². The van der Waals surface area contributed by atoms with Crippen molar-refractivity contribution in [3.05, 3.63) is 24.2 Å². The Morgan fingerprint density at radius 3 is 2.67 bits per heavy atom. The maximum absolute atomic E-state index is 12.2.